The predicted molar refractivity (Wildman–Crippen MR) is 81.9 cm³/mol. The van der Waals surface area contributed by atoms with Crippen molar-refractivity contribution in [1.29, 1.82) is 0 Å². The second-order valence-electron chi connectivity index (χ2n) is 5.07. The van der Waals surface area contributed by atoms with Crippen molar-refractivity contribution in [2.24, 2.45) is 11.7 Å². The molecule has 0 spiro atoms. The highest BCUT2D eigenvalue weighted by molar-refractivity contribution is 7.89. The molecule has 5 nitrogen and oxygen atoms in total. The monoisotopic (exact) mass is 313 g/mol. The molecule has 7 heteroatoms. The van der Waals surface area contributed by atoms with Crippen LogP contribution in [0.1, 0.15) is 37.8 Å². The molecule has 0 unspecified atom stereocenters. The van der Waals surface area contributed by atoms with Crippen LogP contribution in [0.2, 0.25) is 0 Å². The third-order valence-corrected chi connectivity index (χ3v) is 5.23. The van der Waals surface area contributed by atoms with E-state index in [4.69, 9.17) is 18.0 Å². The molecule has 0 aromatic carbocycles. The molecule has 0 saturated heterocycles. The van der Waals surface area contributed by atoms with Gasteiger partial charge in [0, 0.05) is 12.7 Å². The molecule has 0 aliphatic heterocycles. The molecule has 3 N–H and O–H groups in total. The Kier molecular flexibility index (Phi) is 5.06. The maximum absolute atomic E-state index is 12.3. The Hall–Kier alpha value is -1.05. The van der Waals surface area contributed by atoms with E-state index in [1.54, 1.807) is 6.07 Å². The Bertz CT molecular complexity index is 581. The van der Waals surface area contributed by atoms with E-state index in [-0.39, 0.29) is 15.6 Å². The summed E-state index contributed by atoms with van der Waals surface area (Å²) in [5.41, 5.74) is 5.68. The minimum Gasteiger partial charge on any atom is -0.388 e. The summed E-state index contributed by atoms with van der Waals surface area (Å²) in [6, 6.07) is 3.04. The number of nitrogens with two attached hydrogens (primary N) is 1. The van der Waals surface area contributed by atoms with E-state index in [0.717, 1.165) is 12.8 Å². The predicted octanol–water partition coefficient (Wildman–Crippen LogP) is 1.57. The molecule has 1 heterocycles. The van der Waals surface area contributed by atoms with Gasteiger partial charge in [0.2, 0.25) is 10.0 Å². The fourth-order valence-electron chi connectivity index (χ4n) is 2.49. The molecule has 1 aliphatic carbocycles. The van der Waals surface area contributed by atoms with Crippen LogP contribution in [0.3, 0.4) is 0 Å². The minimum absolute atomic E-state index is 0.0105. The van der Waals surface area contributed by atoms with Gasteiger partial charge in [-0.25, -0.2) is 13.1 Å². The number of aromatic nitrogens is 1. The lowest BCUT2D eigenvalue weighted by Crippen LogP contribution is -2.32. The van der Waals surface area contributed by atoms with Gasteiger partial charge in [0.25, 0.3) is 0 Å². The van der Waals surface area contributed by atoms with Crippen molar-refractivity contribution in [3.63, 3.8) is 0 Å². The summed E-state index contributed by atoms with van der Waals surface area (Å²) < 4.78 is 27.3. The number of hydrogen-bond donors (Lipinski definition) is 2. The molecule has 1 aliphatic rings. The Morgan fingerprint density at radius 2 is 2.10 bits per heavy atom. The van der Waals surface area contributed by atoms with Gasteiger partial charge in [0.15, 0.2) is 0 Å². The molecule has 1 aromatic rings. The average molecular weight is 313 g/mol. The molecule has 0 amide bonds. The topological polar surface area (TPSA) is 85.1 Å². The SMILES string of the molecule is NC(=S)c1ncccc1S(=O)(=O)NCC1CCCCC1. The number of sulfonamides is 1. The molecule has 0 radical (unpaired) electrons. The summed E-state index contributed by atoms with van der Waals surface area (Å²) in [5.74, 6) is 0.420. The van der Waals surface area contributed by atoms with Crippen molar-refractivity contribution in [2.75, 3.05) is 6.54 Å². The van der Waals surface area contributed by atoms with Crippen molar-refractivity contribution < 1.29 is 8.42 Å². The van der Waals surface area contributed by atoms with Crippen LogP contribution >= 0.6 is 12.2 Å². The summed E-state index contributed by atoms with van der Waals surface area (Å²) in [6.07, 6.45) is 7.25. The van der Waals surface area contributed by atoms with Crippen molar-refractivity contribution in [2.45, 2.75) is 37.0 Å². The molecular formula is C13H19N3O2S2. The number of thiocarbonyl (C=S) groups is 1. The quantitative estimate of drug-likeness (QED) is 0.806. The summed E-state index contributed by atoms with van der Waals surface area (Å²) in [4.78, 5) is 4.00. The zero-order valence-corrected chi connectivity index (χ0v) is 12.8. The van der Waals surface area contributed by atoms with E-state index in [1.165, 1.54) is 31.5 Å². The second-order valence-corrected chi connectivity index (χ2v) is 7.25. The smallest absolute Gasteiger partial charge is 0.242 e. The van der Waals surface area contributed by atoms with Gasteiger partial charge in [-0.05, 0) is 30.9 Å². The van der Waals surface area contributed by atoms with Gasteiger partial charge < -0.3 is 5.73 Å². The summed E-state index contributed by atoms with van der Waals surface area (Å²) >= 11 is 4.85. The molecule has 0 atom stereocenters. The van der Waals surface area contributed by atoms with Crippen LogP contribution in [0.15, 0.2) is 23.2 Å². The molecule has 2 rings (SSSR count). The number of nitrogens with one attached hydrogen (secondary N) is 1. The van der Waals surface area contributed by atoms with Gasteiger partial charge in [-0.3, -0.25) is 4.98 Å². The van der Waals surface area contributed by atoms with Gasteiger partial charge in [0.1, 0.15) is 15.6 Å². The van der Waals surface area contributed by atoms with Crippen molar-refractivity contribution >= 4 is 27.2 Å². The molecule has 110 valence electrons. The highest BCUT2D eigenvalue weighted by Gasteiger charge is 2.22. The molecule has 1 fully saturated rings. The lowest BCUT2D eigenvalue weighted by Gasteiger charge is -2.21. The van der Waals surface area contributed by atoms with Crippen LogP contribution in [0.25, 0.3) is 0 Å². The standard InChI is InChI=1S/C13H19N3O2S2/c14-13(19)12-11(7-4-8-15-12)20(17,18)16-9-10-5-2-1-3-6-10/h4,7-8,10,16H,1-3,5-6,9H2,(H2,14,19). The molecular weight excluding hydrogens is 294 g/mol. The third kappa shape index (κ3) is 3.74. The van der Waals surface area contributed by atoms with Crippen LogP contribution < -0.4 is 10.5 Å². The van der Waals surface area contributed by atoms with Crippen LogP contribution in [-0.4, -0.2) is 24.9 Å². The summed E-state index contributed by atoms with van der Waals surface area (Å²) in [6.45, 7) is 0.466. The van der Waals surface area contributed by atoms with Gasteiger partial charge in [-0.1, -0.05) is 31.5 Å². The van der Waals surface area contributed by atoms with Gasteiger partial charge in [0.05, 0.1) is 0 Å². The molecule has 0 bridgehead atoms. The highest BCUT2D eigenvalue weighted by Crippen LogP contribution is 2.23. The van der Waals surface area contributed by atoms with Crippen LogP contribution in [0, 0.1) is 5.92 Å². The summed E-state index contributed by atoms with van der Waals surface area (Å²) in [7, 11) is -3.62. The maximum Gasteiger partial charge on any atom is 0.242 e. The second kappa shape index (κ2) is 6.60. The van der Waals surface area contributed by atoms with Gasteiger partial charge in [-0.15, -0.1) is 0 Å². The van der Waals surface area contributed by atoms with E-state index in [2.05, 4.69) is 9.71 Å². The van der Waals surface area contributed by atoms with Crippen LogP contribution in [-0.2, 0) is 10.0 Å². The minimum atomic E-state index is -3.62. The first-order valence-electron chi connectivity index (χ1n) is 6.75. The lowest BCUT2D eigenvalue weighted by molar-refractivity contribution is 0.357. The number of pyridine rings is 1. The van der Waals surface area contributed by atoms with E-state index in [9.17, 15) is 8.42 Å². The molecule has 20 heavy (non-hydrogen) atoms. The Labute approximate surface area is 125 Å². The Morgan fingerprint density at radius 1 is 1.40 bits per heavy atom. The fraction of sp³-hybridized carbons (Fsp3) is 0.538. The van der Waals surface area contributed by atoms with Gasteiger partial charge >= 0.3 is 0 Å². The van der Waals surface area contributed by atoms with E-state index < -0.39 is 10.0 Å². The Morgan fingerprint density at radius 3 is 2.75 bits per heavy atom. The normalized spacial score (nSPS) is 17.0. The maximum atomic E-state index is 12.3. The average Bonchev–Trinajstić information content (AvgIpc) is 2.46. The number of nitrogens with zero attached hydrogens (tertiary/aromatic N) is 1. The van der Waals surface area contributed by atoms with Gasteiger partial charge in [-0.2, -0.15) is 0 Å². The molecule has 1 saturated carbocycles. The Balaban J connectivity index is 2.12. The number of hydrogen-bond acceptors (Lipinski definition) is 4. The van der Waals surface area contributed by atoms with E-state index in [1.807, 2.05) is 0 Å². The first-order chi connectivity index (χ1) is 9.50. The van der Waals surface area contributed by atoms with Crippen molar-refractivity contribution in [1.82, 2.24) is 9.71 Å². The largest absolute Gasteiger partial charge is 0.388 e. The summed E-state index contributed by atoms with van der Waals surface area (Å²) in [5, 5.41) is 0. The van der Waals surface area contributed by atoms with Crippen LogP contribution in [0.5, 0.6) is 0 Å². The zero-order valence-electron chi connectivity index (χ0n) is 11.2. The first-order valence-corrected chi connectivity index (χ1v) is 8.64. The molecule has 1 aromatic heterocycles. The fourth-order valence-corrected chi connectivity index (χ4v) is 4.00. The van der Waals surface area contributed by atoms with E-state index in [0.29, 0.717) is 12.5 Å². The first kappa shape index (κ1) is 15.3. The van der Waals surface area contributed by atoms with E-state index >= 15 is 0 Å². The number of rotatable bonds is 5. The highest BCUT2D eigenvalue weighted by atomic mass is 32.2. The van der Waals surface area contributed by atoms with Crippen LogP contribution in [0.4, 0.5) is 0 Å². The lowest BCUT2D eigenvalue weighted by atomic mass is 9.90. The van der Waals surface area contributed by atoms with Crippen molar-refractivity contribution in [3.8, 4) is 0 Å². The third-order valence-electron chi connectivity index (χ3n) is 3.58. The van der Waals surface area contributed by atoms with Crippen molar-refractivity contribution in [3.05, 3.63) is 24.0 Å². The zero-order chi connectivity index (χ0) is 14.6.